The smallest absolute Gasteiger partial charge is 0.371 e. The van der Waals surface area contributed by atoms with Crippen LogP contribution in [0.2, 0.25) is 5.02 Å². The molecule has 3 heterocycles. The molecule has 0 aliphatic carbocycles. The van der Waals surface area contributed by atoms with Gasteiger partial charge in [-0.05, 0) is 62.1 Å². The van der Waals surface area contributed by atoms with Gasteiger partial charge in [0.2, 0.25) is 0 Å². The van der Waals surface area contributed by atoms with Crippen LogP contribution in [-0.2, 0) is 10.4 Å². The minimum Gasteiger partial charge on any atom is -0.371 e. The second kappa shape index (κ2) is 11.6. The molecular formula is C30H33ClF5N3O3. The number of benzene rings is 2. The van der Waals surface area contributed by atoms with Crippen molar-refractivity contribution < 1.29 is 36.6 Å². The summed E-state index contributed by atoms with van der Waals surface area (Å²) in [7, 11) is 0. The summed E-state index contributed by atoms with van der Waals surface area (Å²) in [6, 6.07) is 11.5. The van der Waals surface area contributed by atoms with Crippen molar-refractivity contribution in [3.05, 3.63) is 64.7 Å². The number of halogens is 6. The molecular weight excluding hydrogens is 581 g/mol. The second-order valence-electron chi connectivity index (χ2n) is 11.7. The molecule has 0 unspecified atom stereocenters. The fraction of sp³-hybridized carbons (Fsp3) is 0.533. The first-order valence-electron chi connectivity index (χ1n) is 14.1. The predicted octanol–water partition coefficient (Wildman–Crippen LogP) is 5.73. The number of rotatable bonds is 6. The van der Waals surface area contributed by atoms with Crippen LogP contribution in [0.5, 0.6) is 0 Å². The Balaban J connectivity index is 1.11. The van der Waals surface area contributed by atoms with E-state index in [1.807, 2.05) is 0 Å². The van der Waals surface area contributed by atoms with Crippen LogP contribution in [0.4, 0.5) is 27.6 Å². The fourth-order valence-electron chi connectivity index (χ4n) is 6.29. The molecule has 3 aliphatic heterocycles. The summed E-state index contributed by atoms with van der Waals surface area (Å²) in [6.07, 6.45) is -1.29. The molecule has 5 rings (SSSR count). The third kappa shape index (κ3) is 6.08. The molecule has 2 aromatic rings. The number of nitrogens with zero attached hydrogens (tertiary/aromatic N) is 3. The van der Waals surface area contributed by atoms with Crippen molar-refractivity contribution in [3.8, 4) is 0 Å². The summed E-state index contributed by atoms with van der Waals surface area (Å²) in [6.45, 7) is 0.643. The van der Waals surface area contributed by atoms with Gasteiger partial charge in [0.1, 0.15) is 0 Å². The second-order valence-corrected chi connectivity index (χ2v) is 12.1. The Morgan fingerprint density at radius 3 is 1.98 bits per heavy atom. The first-order chi connectivity index (χ1) is 19.8. The van der Waals surface area contributed by atoms with E-state index in [0.29, 0.717) is 18.8 Å². The molecule has 0 aromatic heterocycles. The molecule has 0 bridgehead atoms. The summed E-state index contributed by atoms with van der Waals surface area (Å²) in [5.74, 6) is -3.99. The zero-order valence-corrected chi connectivity index (χ0v) is 23.7. The Morgan fingerprint density at radius 2 is 1.45 bits per heavy atom. The lowest BCUT2D eigenvalue weighted by Gasteiger charge is -2.40. The molecule has 3 fully saturated rings. The summed E-state index contributed by atoms with van der Waals surface area (Å²) in [4.78, 5) is 29.8. The highest BCUT2D eigenvalue weighted by molar-refractivity contribution is 6.34. The Kier molecular flexibility index (Phi) is 8.46. The number of anilines is 1. The van der Waals surface area contributed by atoms with E-state index < -0.39 is 48.2 Å². The zero-order valence-electron chi connectivity index (χ0n) is 22.9. The van der Waals surface area contributed by atoms with Gasteiger partial charge in [0.15, 0.2) is 0 Å². The minimum absolute atomic E-state index is 0.159. The van der Waals surface area contributed by atoms with Crippen molar-refractivity contribution in [1.29, 1.82) is 0 Å². The standard InChI is InChI=1S/C30H33ClF5N3O3/c31-25-17-23(6-7-24(25)26(40)39-18-28(32,33)19-39)37-12-8-20(9-13-37)16-21-10-14-38(15-11-21)27(41)29(42,30(34,35)36)22-4-2-1-3-5-22/h1-7,17,20-21,42H,8-16,18-19H2/t29-/m1/s1. The number of aliphatic hydroxyl groups is 1. The van der Waals surface area contributed by atoms with E-state index >= 15 is 0 Å². The van der Waals surface area contributed by atoms with Gasteiger partial charge in [-0.2, -0.15) is 13.2 Å². The molecule has 2 amide bonds. The predicted molar refractivity (Wildman–Crippen MR) is 148 cm³/mol. The quantitative estimate of drug-likeness (QED) is 0.423. The SMILES string of the molecule is O=C(c1ccc(N2CCC(CC3CCN(C(=O)[C@](O)(c4ccccc4)C(F)(F)F)CC3)CC2)cc1Cl)N1CC(F)(F)C1. The van der Waals surface area contributed by atoms with Crippen LogP contribution in [0, 0.1) is 11.8 Å². The van der Waals surface area contributed by atoms with Crippen molar-refractivity contribution in [3.63, 3.8) is 0 Å². The Morgan fingerprint density at radius 1 is 0.881 bits per heavy atom. The Labute approximate surface area is 246 Å². The molecule has 12 heteroatoms. The summed E-state index contributed by atoms with van der Waals surface area (Å²) in [5, 5.41) is 10.8. The zero-order chi connectivity index (χ0) is 30.3. The van der Waals surface area contributed by atoms with Gasteiger partial charge in [-0.15, -0.1) is 0 Å². The van der Waals surface area contributed by atoms with Crippen molar-refractivity contribution >= 4 is 29.1 Å². The van der Waals surface area contributed by atoms with Gasteiger partial charge in [-0.25, -0.2) is 8.78 Å². The van der Waals surface area contributed by atoms with Gasteiger partial charge in [0, 0.05) is 37.4 Å². The largest absolute Gasteiger partial charge is 0.430 e. The number of likely N-dealkylation sites (tertiary alicyclic amines) is 2. The molecule has 3 aliphatic rings. The molecule has 3 saturated heterocycles. The molecule has 0 radical (unpaired) electrons. The number of carbonyl (C=O) groups excluding carboxylic acids is 2. The van der Waals surface area contributed by atoms with Crippen LogP contribution in [0.3, 0.4) is 0 Å². The van der Waals surface area contributed by atoms with Gasteiger partial charge in [-0.3, -0.25) is 9.59 Å². The minimum atomic E-state index is -5.15. The van der Waals surface area contributed by atoms with Crippen LogP contribution >= 0.6 is 11.6 Å². The Hall–Kier alpha value is -2.92. The number of alkyl halides is 5. The van der Waals surface area contributed by atoms with E-state index in [-0.39, 0.29) is 29.6 Å². The molecule has 2 aromatic carbocycles. The van der Waals surface area contributed by atoms with Crippen molar-refractivity contribution in [2.24, 2.45) is 11.8 Å². The van der Waals surface area contributed by atoms with E-state index in [1.54, 1.807) is 18.2 Å². The van der Waals surface area contributed by atoms with E-state index in [4.69, 9.17) is 11.6 Å². The maximum absolute atomic E-state index is 13.9. The Bertz CT molecular complexity index is 1290. The fourth-order valence-corrected chi connectivity index (χ4v) is 6.54. The van der Waals surface area contributed by atoms with E-state index in [9.17, 15) is 36.6 Å². The van der Waals surface area contributed by atoms with Crippen molar-refractivity contribution in [1.82, 2.24) is 9.80 Å². The van der Waals surface area contributed by atoms with E-state index in [0.717, 1.165) is 60.0 Å². The summed E-state index contributed by atoms with van der Waals surface area (Å²) >= 11 is 6.35. The van der Waals surface area contributed by atoms with Crippen LogP contribution < -0.4 is 4.90 Å². The first-order valence-corrected chi connectivity index (χ1v) is 14.5. The third-order valence-corrected chi connectivity index (χ3v) is 9.09. The van der Waals surface area contributed by atoms with E-state index in [1.165, 1.54) is 18.2 Å². The molecule has 1 atom stereocenters. The van der Waals surface area contributed by atoms with Crippen LogP contribution in [0.25, 0.3) is 0 Å². The average molecular weight is 614 g/mol. The molecule has 0 spiro atoms. The number of hydrogen-bond acceptors (Lipinski definition) is 4. The van der Waals surface area contributed by atoms with Crippen LogP contribution in [-0.4, -0.2) is 78.1 Å². The first kappa shape index (κ1) is 30.5. The third-order valence-electron chi connectivity index (χ3n) is 8.77. The number of amides is 2. The molecule has 0 saturated carbocycles. The molecule has 6 nitrogen and oxygen atoms in total. The van der Waals surface area contributed by atoms with Gasteiger partial charge in [-0.1, -0.05) is 41.9 Å². The lowest BCUT2D eigenvalue weighted by molar-refractivity contribution is -0.262. The van der Waals surface area contributed by atoms with Gasteiger partial charge in [0.05, 0.1) is 23.7 Å². The van der Waals surface area contributed by atoms with Gasteiger partial charge < -0.3 is 19.8 Å². The highest BCUT2D eigenvalue weighted by atomic mass is 35.5. The van der Waals surface area contributed by atoms with Gasteiger partial charge in [0.25, 0.3) is 23.3 Å². The lowest BCUT2D eigenvalue weighted by atomic mass is 9.82. The van der Waals surface area contributed by atoms with Crippen LogP contribution in [0.1, 0.15) is 48.0 Å². The van der Waals surface area contributed by atoms with Crippen molar-refractivity contribution in [2.75, 3.05) is 44.2 Å². The topological polar surface area (TPSA) is 64.1 Å². The van der Waals surface area contributed by atoms with E-state index in [2.05, 4.69) is 4.90 Å². The summed E-state index contributed by atoms with van der Waals surface area (Å²) in [5.41, 5.74) is -3.01. The molecule has 42 heavy (non-hydrogen) atoms. The maximum atomic E-state index is 13.9. The average Bonchev–Trinajstić information content (AvgIpc) is 2.95. The normalized spacial score (nSPS) is 21.5. The lowest BCUT2D eigenvalue weighted by Crippen LogP contribution is -2.58. The number of piperidine rings is 2. The number of carbonyl (C=O) groups is 2. The monoisotopic (exact) mass is 613 g/mol. The molecule has 228 valence electrons. The number of hydrogen-bond donors (Lipinski definition) is 1. The van der Waals surface area contributed by atoms with Crippen LogP contribution in [0.15, 0.2) is 48.5 Å². The van der Waals surface area contributed by atoms with Crippen molar-refractivity contribution in [2.45, 2.75) is 49.8 Å². The highest BCUT2D eigenvalue weighted by Crippen LogP contribution is 2.42. The molecule has 1 N–H and O–H groups in total. The maximum Gasteiger partial charge on any atom is 0.430 e. The van der Waals surface area contributed by atoms with Gasteiger partial charge >= 0.3 is 6.18 Å². The summed E-state index contributed by atoms with van der Waals surface area (Å²) < 4.78 is 68.1. The highest BCUT2D eigenvalue weighted by Gasteiger charge is 2.62.